The highest BCUT2D eigenvalue weighted by Crippen LogP contribution is 2.16. The van der Waals surface area contributed by atoms with E-state index < -0.39 is 0 Å². The van der Waals surface area contributed by atoms with Crippen molar-refractivity contribution in [1.29, 1.82) is 0 Å². The lowest BCUT2D eigenvalue weighted by molar-refractivity contribution is 0.616. The third-order valence-corrected chi connectivity index (χ3v) is 3.90. The Morgan fingerprint density at radius 3 is 2.75 bits per heavy atom. The van der Waals surface area contributed by atoms with Gasteiger partial charge in [-0.25, -0.2) is 4.68 Å². The van der Waals surface area contributed by atoms with Crippen molar-refractivity contribution in [2.24, 2.45) is 0 Å². The average Bonchev–Trinajstić information content (AvgIpc) is 2.45. The van der Waals surface area contributed by atoms with Crippen molar-refractivity contribution in [2.75, 3.05) is 11.9 Å². The van der Waals surface area contributed by atoms with E-state index in [-0.39, 0.29) is 5.56 Å². The van der Waals surface area contributed by atoms with E-state index in [1.807, 2.05) is 0 Å². The highest BCUT2D eigenvalue weighted by molar-refractivity contribution is 9.10. The minimum atomic E-state index is -0.127. The Hall–Kier alpha value is -1.10. The van der Waals surface area contributed by atoms with Gasteiger partial charge in [-0.3, -0.25) is 4.79 Å². The second-order valence-electron chi connectivity index (χ2n) is 4.84. The summed E-state index contributed by atoms with van der Waals surface area (Å²) in [4.78, 5) is 12.0. The maximum Gasteiger partial charge on any atom is 0.283 e. The van der Waals surface area contributed by atoms with Gasteiger partial charge in [-0.1, -0.05) is 45.1 Å². The van der Waals surface area contributed by atoms with Crippen LogP contribution in [0.4, 0.5) is 5.69 Å². The fourth-order valence-electron chi connectivity index (χ4n) is 1.97. The average molecular weight is 342 g/mol. The molecular formula is C15H24BrN3O. The quantitative estimate of drug-likeness (QED) is 0.517. The Balaban J connectivity index is 2.39. The number of anilines is 1. The molecule has 0 aliphatic heterocycles. The number of hydrogen-bond donors (Lipinski definition) is 1. The van der Waals surface area contributed by atoms with Crippen LogP contribution in [0.2, 0.25) is 0 Å². The van der Waals surface area contributed by atoms with Gasteiger partial charge in [0.15, 0.2) is 0 Å². The number of nitrogens with one attached hydrogen (secondary N) is 1. The van der Waals surface area contributed by atoms with E-state index in [2.05, 4.69) is 39.8 Å². The van der Waals surface area contributed by atoms with Crippen LogP contribution in [0.5, 0.6) is 0 Å². The summed E-state index contributed by atoms with van der Waals surface area (Å²) in [5.41, 5.74) is 0.640. The van der Waals surface area contributed by atoms with E-state index in [9.17, 15) is 4.79 Å². The van der Waals surface area contributed by atoms with E-state index in [1.54, 1.807) is 12.3 Å². The number of nitrogens with zero attached hydrogens (tertiary/aromatic N) is 2. The van der Waals surface area contributed by atoms with Crippen LogP contribution in [0, 0.1) is 0 Å². The Bertz CT molecular complexity index is 471. The third-order valence-electron chi connectivity index (χ3n) is 3.13. The maximum absolute atomic E-state index is 12.0. The fourth-order valence-corrected chi connectivity index (χ4v) is 2.42. The van der Waals surface area contributed by atoms with Gasteiger partial charge < -0.3 is 5.32 Å². The molecule has 112 valence electrons. The molecule has 4 nitrogen and oxygen atoms in total. The lowest BCUT2D eigenvalue weighted by Crippen LogP contribution is -2.24. The van der Waals surface area contributed by atoms with E-state index in [0.717, 1.165) is 18.7 Å². The Morgan fingerprint density at radius 1 is 1.35 bits per heavy atom. The summed E-state index contributed by atoms with van der Waals surface area (Å²) in [7, 11) is 0. The first-order chi connectivity index (χ1) is 9.70. The van der Waals surface area contributed by atoms with Crippen molar-refractivity contribution in [1.82, 2.24) is 9.78 Å². The molecule has 0 aliphatic carbocycles. The molecule has 0 aliphatic rings. The summed E-state index contributed by atoms with van der Waals surface area (Å²) in [5, 5.41) is 7.37. The van der Waals surface area contributed by atoms with Gasteiger partial charge in [0.05, 0.1) is 18.4 Å². The molecule has 1 rings (SSSR count). The molecule has 1 aromatic rings. The van der Waals surface area contributed by atoms with Crippen LogP contribution in [0.25, 0.3) is 0 Å². The molecule has 0 atom stereocenters. The van der Waals surface area contributed by atoms with E-state index in [4.69, 9.17) is 0 Å². The summed E-state index contributed by atoms with van der Waals surface area (Å²) in [6, 6.07) is 0. The summed E-state index contributed by atoms with van der Waals surface area (Å²) in [5.74, 6) is 0. The minimum absolute atomic E-state index is 0.127. The lowest BCUT2D eigenvalue weighted by Gasteiger charge is -2.09. The molecule has 1 aromatic heterocycles. The molecule has 0 spiro atoms. The maximum atomic E-state index is 12.0. The molecule has 0 radical (unpaired) electrons. The van der Waals surface area contributed by atoms with E-state index >= 15 is 0 Å². The number of aromatic nitrogens is 2. The molecule has 0 saturated carbocycles. The topological polar surface area (TPSA) is 46.9 Å². The summed E-state index contributed by atoms with van der Waals surface area (Å²) >= 11 is 3.33. The SMILES string of the molecule is C=CCn1ncc(NCCCCCCCC)c(Br)c1=O. The van der Waals surface area contributed by atoms with Crippen molar-refractivity contribution in [3.05, 3.63) is 33.7 Å². The van der Waals surface area contributed by atoms with Crippen molar-refractivity contribution in [3.63, 3.8) is 0 Å². The normalized spacial score (nSPS) is 10.5. The molecule has 1 heterocycles. The Morgan fingerprint density at radius 2 is 2.05 bits per heavy atom. The van der Waals surface area contributed by atoms with Crippen LogP contribution < -0.4 is 10.9 Å². The van der Waals surface area contributed by atoms with Crippen molar-refractivity contribution < 1.29 is 0 Å². The zero-order chi connectivity index (χ0) is 14.8. The lowest BCUT2D eigenvalue weighted by atomic mass is 10.1. The van der Waals surface area contributed by atoms with Crippen molar-refractivity contribution in [2.45, 2.75) is 52.0 Å². The second kappa shape index (κ2) is 9.75. The molecule has 0 aromatic carbocycles. The van der Waals surface area contributed by atoms with Gasteiger partial charge in [0, 0.05) is 6.54 Å². The predicted molar refractivity (Wildman–Crippen MR) is 88.3 cm³/mol. The van der Waals surface area contributed by atoms with Gasteiger partial charge in [0.25, 0.3) is 5.56 Å². The number of halogens is 1. The monoisotopic (exact) mass is 341 g/mol. The molecule has 0 bridgehead atoms. The van der Waals surface area contributed by atoms with Crippen LogP contribution in [0.15, 0.2) is 28.1 Å². The zero-order valence-electron chi connectivity index (χ0n) is 12.2. The molecule has 0 saturated heterocycles. The molecular weight excluding hydrogens is 318 g/mol. The number of rotatable bonds is 10. The first kappa shape index (κ1) is 17.0. The summed E-state index contributed by atoms with van der Waals surface area (Å²) < 4.78 is 1.92. The highest BCUT2D eigenvalue weighted by atomic mass is 79.9. The van der Waals surface area contributed by atoms with Gasteiger partial charge in [-0.15, -0.1) is 6.58 Å². The number of unbranched alkanes of at least 4 members (excludes halogenated alkanes) is 5. The van der Waals surface area contributed by atoms with Gasteiger partial charge in [0.1, 0.15) is 4.47 Å². The largest absolute Gasteiger partial charge is 0.383 e. The first-order valence-electron chi connectivity index (χ1n) is 7.31. The van der Waals surface area contributed by atoms with Crippen LogP contribution in [-0.4, -0.2) is 16.3 Å². The molecule has 5 heteroatoms. The van der Waals surface area contributed by atoms with Gasteiger partial charge in [0.2, 0.25) is 0 Å². The van der Waals surface area contributed by atoms with Crippen LogP contribution in [0.1, 0.15) is 45.4 Å². The van der Waals surface area contributed by atoms with Gasteiger partial charge >= 0.3 is 0 Å². The molecule has 1 N–H and O–H groups in total. The third kappa shape index (κ3) is 5.49. The Kier molecular flexibility index (Phi) is 8.26. The zero-order valence-corrected chi connectivity index (χ0v) is 13.8. The van der Waals surface area contributed by atoms with Crippen molar-refractivity contribution >= 4 is 21.6 Å². The highest BCUT2D eigenvalue weighted by Gasteiger charge is 2.07. The standard InChI is InChI=1S/C15H24BrN3O/c1-3-5-6-7-8-9-10-17-13-12-18-19(11-4-2)15(20)14(13)16/h4,12,17H,2-3,5-11H2,1H3. The van der Waals surface area contributed by atoms with E-state index in [0.29, 0.717) is 11.0 Å². The fraction of sp³-hybridized carbons (Fsp3) is 0.600. The summed E-state index contributed by atoms with van der Waals surface area (Å²) in [6.07, 6.45) is 10.9. The van der Waals surface area contributed by atoms with Crippen LogP contribution >= 0.6 is 15.9 Å². The Labute approximate surface area is 129 Å². The number of hydrogen-bond acceptors (Lipinski definition) is 3. The number of allylic oxidation sites excluding steroid dienone is 1. The second-order valence-corrected chi connectivity index (χ2v) is 5.64. The van der Waals surface area contributed by atoms with Crippen LogP contribution in [-0.2, 0) is 6.54 Å². The molecule has 20 heavy (non-hydrogen) atoms. The smallest absolute Gasteiger partial charge is 0.283 e. The van der Waals surface area contributed by atoms with Crippen molar-refractivity contribution in [3.8, 4) is 0 Å². The molecule has 0 amide bonds. The molecule has 0 fully saturated rings. The van der Waals surface area contributed by atoms with Gasteiger partial charge in [-0.2, -0.15) is 5.10 Å². The van der Waals surface area contributed by atoms with Crippen LogP contribution in [0.3, 0.4) is 0 Å². The van der Waals surface area contributed by atoms with E-state index in [1.165, 1.54) is 36.8 Å². The summed E-state index contributed by atoms with van der Waals surface area (Å²) in [6.45, 7) is 7.13. The molecule has 0 unspecified atom stereocenters. The minimum Gasteiger partial charge on any atom is -0.383 e. The van der Waals surface area contributed by atoms with Gasteiger partial charge in [-0.05, 0) is 22.4 Å². The predicted octanol–water partition coefficient (Wildman–Crippen LogP) is 3.96. The first-order valence-corrected chi connectivity index (χ1v) is 8.10.